The van der Waals surface area contributed by atoms with Crippen LogP contribution in [0.3, 0.4) is 0 Å². The van der Waals surface area contributed by atoms with Crippen molar-refractivity contribution in [1.82, 2.24) is 5.32 Å². The van der Waals surface area contributed by atoms with E-state index in [9.17, 15) is 0 Å². The maximum Gasteiger partial charge on any atom is 0.0216 e. The summed E-state index contributed by atoms with van der Waals surface area (Å²) >= 11 is 1.82. The van der Waals surface area contributed by atoms with Gasteiger partial charge in [0.15, 0.2) is 0 Å². The van der Waals surface area contributed by atoms with Crippen molar-refractivity contribution < 1.29 is 0 Å². The Hall–Kier alpha value is -0.470. The number of hydrogen-bond donors (Lipinski definition) is 1. The minimum absolute atomic E-state index is 0.997. The van der Waals surface area contributed by atoms with Crippen LogP contribution in [0.2, 0.25) is 0 Å². The number of rotatable bonds is 6. The van der Waals surface area contributed by atoms with Crippen molar-refractivity contribution in [2.75, 3.05) is 12.8 Å². The Labute approximate surface area is 91.3 Å². The van der Waals surface area contributed by atoms with Gasteiger partial charge in [-0.15, -0.1) is 11.8 Å². The molecule has 14 heavy (non-hydrogen) atoms. The summed E-state index contributed by atoms with van der Waals surface area (Å²) in [5, 5.41) is 3.46. The van der Waals surface area contributed by atoms with E-state index in [1.807, 2.05) is 11.8 Å². The Morgan fingerprint density at radius 2 is 2.07 bits per heavy atom. The molecule has 2 heteroatoms. The van der Waals surface area contributed by atoms with Gasteiger partial charge in [-0.3, -0.25) is 0 Å². The van der Waals surface area contributed by atoms with E-state index in [1.54, 1.807) is 0 Å². The number of unbranched alkanes of at least 4 members (excludes halogenated alkanes) is 1. The van der Waals surface area contributed by atoms with Crippen molar-refractivity contribution in [2.45, 2.75) is 31.2 Å². The Bertz CT molecular complexity index is 260. The fourth-order valence-corrected chi connectivity index (χ4v) is 1.99. The second-order valence-electron chi connectivity index (χ2n) is 3.34. The molecule has 0 aliphatic rings. The van der Waals surface area contributed by atoms with Gasteiger partial charge in [-0.2, -0.15) is 0 Å². The molecule has 0 aromatic heterocycles. The molecule has 1 nitrogen and oxygen atoms in total. The molecule has 0 saturated heterocycles. The van der Waals surface area contributed by atoms with E-state index >= 15 is 0 Å². The van der Waals surface area contributed by atoms with Gasteiger partial charge in [0.05, 0.1) is 0 Å². The standard InChI is InChI=1S/C12H19NS/c1-3-4-9-13-10-11-7-5-6-8-12(11)14-2/h5-8,13H,3-4,9-10H2,1-2H3. The van der Waals surface area contributed by atoms with E-state index in [-0.39, 0.29) is 0 Å². The van der Waals surface area contributed by atoms with Crippen LogP contribution in [0.4, 0.5) is 0 Å². The zero-order valence-electron chi connectivity index (χ0n) is 9.05. The first kappa shape index (κ1) is 11.6. The van der Waals surface area contributed by atoms with Crippen LogP contribution < -0.4 is 5.32 Å². The minimum Gasteiger partial charge on any atom is -0.313 e. The minimum atomic E-state index is 0.997. The van der Waals surface area contributed by atoms with Crippen molar-refractivity contribution in [1.29, 1.82) is 0 Å². The normalized spacial score (nSPS) is 10.4. The van der Waals surface area contributed by atoms with Gasteiger partial charge in [0, 0.05) is 11.4 Å². The van der Waals surface area contributed by atoms with Crippen LogP contribution in [-0.2, 0) is 6.54 Å². The first-order valence-corrected chi connectivity index (χ1v) is 6.43. The van der Waals surface area contributed by atoms with Gasteiger partial charge in [0.2, 0.25) is 0 Å². The molecule has 1 aromatic carbocycles. The quantitative estimate of drug-likeness (QED) is 0.570. The molecule has 0 spiro atoms. The first-order chi connectivity index (χ1) is 6.88. The van der Waals surface area contributed by atoms with E-state index < -0.39 is 0 Å². The average Bonchev–Trinajstić information content (AvgIpc) is 2.25. The molecule has 1 aromatic rings. The van der Waals surface area contributed by atoms with E-state index in [1.165, 1.54) is 23.3 Å². The Morgan fingerprint density at radius 3 is 2.79 bits per heavy atom. The summed E-state index contributed by atoms with van der Waals surface area (Å²) in [6.07, 6.45) is 4.66. The fraction of sp³-hybridized carbons (Fsp3) is 0.500. The third-order valence-electron chi connectivity index (χ3n) is 2.22. The van der Waals surface area contributed by atoms with Crippen molar-refractivity contribution in [3.8, 4) is 0 Å². The summed E-state index contributed by atoms with van der Waals surface area (Å²) in [5.41, 5.74) is 1.41. The van der Waals surface area contributed by atoms with Gasteiger partial charge < -0.3 is 5.32 Å². The third kappa shape index (κ3) is 3.72. The van der Waals surface area contributed by atoms with Crippen LogP contribution in [0, 0.1) is 0 Å². The zero-order valence-corrected chi connectivity index (χ0v) is 9.86. The van der Waals surface area contributed by atoms with E-state index in [4.69, 9.17) is 0 Å². The average molecular weight is 209 g/mol. The lowest BCUT2D eigenvalue weighted by molar-refractivity contribution is 0.637. The summed E-state index contributed by atoms with van der Waals surface area (Å²) in [5.74, 6) is 0. The molecule has 78 valence electrons. The van der Waals surface area contributed by atoms with Crippen molar-refractivity contribution in [3.05, 3.63) is 29.8 Å². The predicted octanol–water partition coefficient (Wildman–Crippen LogP) is 3.30. The second-order valence-corrected chi connectivity index (χ2v) is 4.19. The van der Waals surface area contributed by atoms with Crippen molar-refractivity contribution in [2.24, 2.45) is 0 Å². The summed E-state index contributed by atoms with van der Waals surface area (Å²) in [6.45, 7) is 4.34. The van der Waals surface area contributed by atoms with E-state index in [0.717, 1.165) is 13.1 Å². The molecular formula is C12H19NS. The monoisotopic (exact) mass is 209 g/mol. The third-order valence-corrected chi connectivity index (χ3v) is 3.05. The molecule has 0 fully saturated rings. The van der Waals surface area contributed by atoms with Gasteiger partial charge in [-0.25, -0.2) is 0 Å². The highest BCUT2D eigenvalue weighted by Crippen LogP contribution is 2.19. The number of benzene rings is 1. The lowest BCUT2D eigenvalue weighted by atomic mass is 10.2. The SMILES string of the molecule is CCCCNCc1ccccc1SC. The zero-order chi connectivity index (χ0) is 10.2. The smallest absolute Gasteiger partial charge is 0.0216 e. The highest BCUT2D eigenvalue weighted by atomic mass is 32.2. The molecule has 1 rings (SSSR count). The van der Waals surface area contributed by atoms with Crippen LogP contribution in [0.1, 0.15) is 25.3 Å². The largest absolute Gasteiger partial charge is 0.313 e. The van der Waals surface area contributed by atoms with Gasteiger partial charge >= 0.3 is 0 Å². The number of nitrogens with one attached hydrogen (secondary N) is 1. The van der Waals surface area contributed by atoms with Gasteiger partial charge in [0.1, 0.15) is 0 Å². The van der Waals surface area contributed by atoms with Crippen LogP contribution in [0.15, 0.2) is 29.2 Å². The summed E-state index contributed by atoms with van der Waals surface area (Å²) in [7, 11) is 0. The Balaban J connectivity index is 2.41. The fourth-order valence-electron chi connectivity index (χ4n) is 1.37. The van der Waals surface area contributed by atoms with Gasteiger partial charge in [0.25, 0.3) is 0 Å². The Kier molecular flexibility index (Phi) is 5.72. The number of hydrogen-bond acceptors (Lipinski definition) is 2. The summed E-state index contributed by atoms with van der Waals surface area (Å²) in [6, 6.07) is 8.59. The molecule has 0 aliphatic heterocycles. The highest BCUT2D eigenvalue weighted by Gasteiger charge is 1.98. The summed E-state index contributed by atoms with van der Waals surface area (Å²) < 4.78 is 0. The predicted molar refractivity (Wildman–Crippen MR) is 64.8 cm³/mol. The van der Waals surface area contributed by atoms with Crippen molar-refractivity contribution >= 4 is 11.8 Å². The Morgan fingerprint density at radius 1 is 1.29 bits per heavy atom. The van der Waals surface area contributed by atoms with Gasteiger partial charge in [-0.05, 0) is 30.9 Å². The maximum atomic E-state index is 3.46. The molecule has 0 bridgehead atoms. The van der Waals surface area contributed by atoms with Crippen molar-refractivity contribution in [3.63, 3.8) is 0 Å². The highest BCUT2D eigenvalue weighted by molar-refractivity contribution is 7.98. The van der Waals surface area contributed by atoms with Crippen LogP contribution in [0.5, 0.6) is 0 Å². The molecular weight excluding hydrogens is 190 g/mol. The molecule has 0 heterocycles. The topological polar surface area (TPSA) is 12.0 Å². The van der Waals surface area contributed by atoms with Crippen LogP contribution >= 0.6 is 11.8 Å². The number of thioether (sulfide) groups is 1. The van der Waals surface area contributed by atoms with E-state index in [2.05, 4.69) is 42.8 Å². The first-order valence-electron chi connectivity index (χ1n) is 5.21. The molecule has 0 aliphatic carbocycles. The van der Waals surface area contributed by atoms with Crippen LogP contribution in [0.25, 0.3) is 0 Å². The lowest BCUT2D eigenvalue weighted by Gasteiger charge is -2.07. The maximum absolute atomic E-state index is 3.46. The van der Waals surface area contributed by atoms with Crippen LogP contribution in [-0.4, -0.2) is 12.8 Å². The van der Waals surface area contributed by atoms with Gasteiger partial charge in [-0.1, -0.05) is 31.5 Å². The molecule has 0 unspecified atom stereocenters. The molecule has 1 N–H and O–H groups in total. The molecule has 0 saturated carbocycles. The molecule has 0 amide bonds. The second kappa shape index (κ2) is 6.91. The molecule has 0 atom stereocenters. The lowest BCUT2D eigenvalue weighted by Crippen LogP contribution is -2.14. The molecule has 0 radical (unpaired) electrons. The van der Waals surface area contributed by atoms with E-state index in [0.29, 0.717) is 0 Å². The summed E-state index contributed by atoms with van der Waals surface area (Å²) in [4.78, 5) is 1.39.